The molecule has 0 saturated carbocycles. The number of rotatable bonds is 4. The molecule has 0 fully saturated rings. The molecule has 2 N–H and O–H groups in total. The molecule has 0 unspecified atom stereocenters. The van der Waals surface area contributed by atoms with Gasteiger partial charge in [-0.1, -0.05) is 0 Å². The maximum absolute atomic E-state index is 14.5. The van der Waals surface area contributed by atoms with Crippen molar-refractivity contribution in [3.63, 3.8) is 0 Å². The van der Waals surface area contributed by atoms with Gasteiger partial charge in [0.25, 0.3) is 11.7 Å². The van der Waals surface area contributed by atoms with Crippen LogP contribution >= 0.6 is 0 Å². The number of aliphatic carboxylic acids is 1. The molecule has 0 saturated heterocycles. The summed E-state index contributed by atoms with van der Waals surface area (Å²) in [7, 11) is 1.10. The van der Waals surface area contributed by atoms with Crippen LogP contribution in [0.15, 0.2) is 18.2 Å². The molecular weight excluding hydrogens is 350 g/mol. The lowest BCUT2D eigenvalue weighted by atomic mass is 10.1. The summed E-state index contributed by atoms with van der Waals surface area (Å²) >= 11 is 0. The predicted molar refractivity (Wildman–Crippen MR) is 81.1 cm³/mol. The molecule has 130 valence electrons. The average Bonchev–Trinajstić information content (AvgIpc) is 2.85. The first-order valence-electron chi connectivity index (χ1n) is 6.79. The highest BCUT2D eigenvalue weighted by Crippen LogP contribution is 2.23. The number of benzene rings is 1. The van der Waals surface area contributed by atoms with Crippen molar-refractivity contribution < 1.29 is 28.3 Å². The van der Waals surface area contributed by atoms with Crippen LogP contribution < -0.4 is 5.32 Å². The Kier molecular flexibility index (Phi) is 4.80. The largest absolute Gasteiger partial charge is 0.475 e. The van der Waals surface area contributed by atoms with Gasteiger partial charge in [-0.15, -0.1) is 0 Å². The second-order valence-electron chi connectivity index (χ2n) is 4.95. The molecule has 0 aliphatic carbocycles. The monoisotopic (exact) mass is 358 g/mol. The van der Waals surface area contributed by atoms with E-state index in [0.29, 0.717) is 0 Å². The van der Waals surface area contributed by atoms with Gasteiger partial charge in [0.2, 0.25) is 0 Å². The van der Waals surface area contributed by atoms with Gasteiger partial charge in [-0.2, -0.15) is 10.5 Å². The fourth-order valence-corrected chi connectivity index (χ4v) is 2.23. The second kappa shape index (κ2) is 6.83. The first-order chi connectivity index (χ1) is 12.2. The number of nitrogens with one attached hydrogen (secondary N) is 1. The predicted octanol–water partition coefficient (Wildman–Crippen LogP) is 1.57. The zero-order valence-corrected chi connectivity index (χ0v) is 13.0. The number of nitriles is 2. The molecule has 1 aromatic heterocycles. The van der Waals surface area contributed by atoms with Gasteiger partial charge in [0.05, 0.1) is 5.56 Å². The summed E-state index contributed by atoms with van der Waals surface area (Å²) in [6.07, 6.45) is 0. The lowest BCUT2D eigenvalue weighted by molar-refractivity contribution is -0.131. The standard InChI is InChI=1S/C16H8F2N4O4/c1-22-10(6-20)11(14(23)16(25)26)12(18)13(22)15(24)21-8-2-3-9(17)7(4-8)5-19/h2-4H,1H3,(H,21,24)(H,25,26). The SMILES string of the molecule is Cn1c(C#N)c(C(=O)C(=O)O)c(F)c1C(=O)Nc1ccc(F)c(C#N)c1. The number of amides is 1. The fraction of sp³-hybridized carbons (Fsp3) is 0.0625. The Balaban J connectivity index is 2.51. The Labute approximate surface area is 144 Å². The highest BCUT2D eigenvalue weighted by molar-refractivity contribution is 6.40. The molecule has 1 aromatic carbocycles. The molecule has 2 rings (SSSR count). The Morgan fingerprint density at radius 3 is 2.38 bits per heavy atom. The van der Waals surface area contributed by atoms with Crippen molar-refractivity contribution in [2.24, 2.45) is 7.05 Å². The van der Waals surface area contributed by atoms with E-state index in [4.69, 9.17) is 15.6 Å². The van der Waals surface area contributed by atoms with Crippen molar-refractivity contribution in [3.8, 4) is 12.1 Å². The van der Waals surface area contributed by atoms with Gasteiger partial charge in [0, 0.05) is 12.7 Å². The minimum atomic E-state index is -1.99. The van der Waals surface area contributed by atoms with Crippen molar-refractivity contribution in [3.05, 3.63) is 52.3 Å². The molecular formula is C16H8F2N4O4. The normalized spacial score (nSPS) is 9.88. The molecule has 0 aliphatic rings. The number of halogens is 2. The van der Waals surface area contributed by atoms with E-state index < -0.39 is 46.2 Å². The molecule has 0 atom stereocenters. The Hall–Kier alpha value is -4.05. The maximum Gasteiger partial charge on any atom is 0.377 e. The summed E-state index contributed by atoms with van der Waals surface area (Å²) in [5, 5.41) is 28.7. The topological polar surface area (TPSA) is 136 Å². The second-order valence-corrected chi connectivity index (χ2v) is 4.95. The van der Waals surface area contributed by atoms with Crippen LogP contribution in [0.4, 0.5) is 14.5 Å². The van der Waals surface area contributed by atoms with Crippen molar-refractivity contribution in [2.75, 3.05) is 5.32 Å². The summed E-state index contributed by atoms with van der Waals surface area (Å²) < 4.78 is 28.5. The number of carbonyl (C=O) groups is 3. The van der Waals surface area contributed by atoms with E-state index in [9.17, 15) is 23.2 Å². The molecule has 1 heterocycles. The van der Waals surface area contributed by atoms with Gasteiger partial charge in [-0.3, -0.25) is 9.59 Å². The first kappa shape index (κ1) is 18.3. The van der Waals surface area contributed by atoms with Crippen LogP contribution in [0.1, 0.15) is 32.1 Å². The number of hydrogen-bond donors (Lipinski definition) is 2. The minimum Gasteiger partial charge on any atom is -0.475 e. The van der Waals surface area contributed by atoms with Crippen LogP contribution in [0.2, 0.25) is 0 Å². The van der Waals surface area contributed by atoms with E-state index in [2.05, 4.69) is 5.32 Å². The van der Waals surface area contributed by atoms with Crippen molar-refractivity contribution >= 4 is 23.3 Å². The fourth-order valence-electron chi connectivity index (χ4n) is 2.23. The maximum atomic E-state index is 14.5. The molecule has 8 nitrogen and oxygen atoms in total. The van der Waals surface area contributed by atoms with Crippen LogP contribution in [-0.4, -0.2) is 27.3 Å². The van der Waals surface area contributed by atoms with E-state index >= 15 is 0 Å². The first-order valence-corrected chi connectivity index (χ1v) is 6.79. The summed E-state index contributed by atoms with van der Waals surface area (Å²) in [6, 6.07) is 6.06. The molecule has 1 amide bonds. The summed E-state index contributed by atoms with van der Waals surface area (Å²) in [5.74, 6) is -7.09. The van der Waals surface area contributed by atoms with Gasteiger partial charge in [0.1, 0.15) is 34.9 Å². The van der Waals surface area contributed by atoms with Gasteiger partial charge < -0.3 is 15.0 Å². The molecule has 2 aromatic rings. The number of Topliss-reactive ketones (excluding diaryl/α,β-unsaturated/α-hetero) is 1. The van der Waals surface area contributed by atoms with Crippen molar-refractivity contribution in [1.82, 2.24) is 4.57 Å². The average molecular weight is 358 g/mol. The minimum absolute atomic E-state index is 0.0434. The summed E-state index contributed by atoms with van der Waals surface area (Å²) in [4.78, 5) is 34.7. The molecule has 0 radical (unpaired) electrons. The van der Waals surface area contributed by atoms with Crippen LogP contribution in [0.3, 0.4) is 0 Å². The van der Waals surface area contributed by atoms with Crippen LogP contribution in [0.25, 0.3) is 0 Å². The zero-order valence-electron chi connectivity index (χ0n) is 13.0. The van der Waals surface area contributed by atoms with Crippen LogP contribution in [0, 0.1) is 34.3 Å². The molecule has 10 heteroatoms. The van der Waals surface area contributed by atoms with Crippen LogP contribution in [-0.2, 0) is 11.8 Å². The summed E-state index contributed by atoms with van der Waals surface area (Å²) in [5.41, 5.74) is -2.86. The quantitative estimate of drug-likeness (QED) is 0.629. The number of ketones is 1. The summed E-state index contributed by atoms with van der Waals surface area (Å²) in [6.45, 7) is 0. The van der Waals surface area contributed by atoms with Gasteiger partial charge in [-0.05, 0) is 18.2 Å². The molecule has 26 heavy (non-hydrogen) atoms. The number of carbonyl (C=O) groups excluding carboxylic acids is 2. The Bertz CT molecular complexity index is 1040. The number of carboxylic acid groups (broad SMARTS) is 1. The van der Waals surface area contributed by atoms with E-state index in [1.54, 1.807) is 6.07 Å². The van der Waals surface area contributed by atoms with Crippen molar-refractivity contribution in [1.29, 1.82) is 10.5 Å². The number of hydrogen-bond acceptors (Lipinski definition) is 5. The smallest absolute Gasteiger partial charge is 0.377 e. The number of anilines is 1. The van der Waals surface area contributed by atoms with Gasteiger partial charge in [-0.25, -0.2) is 13.6 Å². The Morgan fingerprint density at radius 1 is 1.19 bits per heavy atom. The Morgan fingerprint density at radius 2 is 1.85 bits per heavy atom. The highest BCUT2D eigenvalue weighted by Gasteiger charge is 2.33. The lowest BCUT2D eigenvalue weighted by Crippen LogP contribution is -2.18. The van der Waals surface area contributed by atoms with Gasteiger partial charge >= 0.3 is 5.97 Å². The third-order valence-corrected chi connectivity index (χ3v) is 3.42. The zero-order chi connectivity index (χ0) is 19.6. The third-order valence-electron chi connectivity index (χ3n) is 3.42. The third kappa shape index (κ3) is 2.99. The van der Waals surface area contributed by atoms with E-state index in [-0.39, 0.29) is 11.3 Å². The molecule has 0 spiro atoms. The number of aromatic nitrogens is 1. The van der Waals surface area contributed by atoms with Crippen LogP contribution in [0.5, 0.6) is 0 Å². The van der Waals surface area contributed by atoms with E-state index in [1.165, 1.54) is 6.07 Å². The van der Waals surface area contributed by atoms with Gasteiger partial charge in [0.15, 0.2) is 5.82 Å². The van der Waals surface area contributed by atoms with E-state index in [0.717, 1.165) is 29.8 Å². The highest BCUT2D eigenvalue weighted by atomic mass is 19.1. The molecule has 0 aliphatic heterocycles. The van der Waals surface area contributed by atoms with Crippen molar-refractivity contribution in [2.45, 2.75) is 0 Å². The molecule has 0 bridgehead atoms. The number of nitrogens with zero attached hydrogens (tertiary/aromatic N) is 3. The van der Waals surface area contributed by atoms with E-state index in [1.807, 2.05) is 0 Å². The lowest BCUT2D eigenvalue weighted by Gasteiger charge is -2.07. The number of carboxylic acids is 1.